The van der Waals surface area contributed by atoms with Gasteiger partial charge in [-0.15, -0.1) is 0 Å². The van der Waals surface area contributed by atoms with E-state index in [1.807, 2.05) is 30.3 Å². The van der Waals surface area contributed by atoms with E-state index in [1.54, 1.807) is 17.9 Å². The lowest BCUT2D eigenvalue weighted by atomic mass is 9.90. The number of rotatable bonds is 7. The second kappa shape index (κ2) is 10.3. The van der Waals surface area contributed by atoms with Crippen molar-refractivity contribution in [3.63, 3.8) is 0 Å². The Morgan fingerprint density at radius 3 is 2.62 bits per heavy atom. The van der Waals surface area contributed by atoms with E-state index in [4.69, 9.17) is 17.3 Å². The first-order chi connectivity index (χ1) is 15.2. The molecule has 0 saturated carbocycles. The molecule has 170 valence electrons. The van der Waals surface area contributed by atoms with Crippen molar-refractivity contribution in [2.45, 2.75) is 44.4 Å². The van der Waals surface area contributed by atoms with Crippen molar-refractivity contribution in [2.75, 3.05) is 13.1 Å². The number of hydrogen-bond acceptors (Lipinski definition) is 5. The Morgan fingerprint density at radius 2 is 2.00 bits per heavy atom. The minimum absolute atomic E-state index is 0.108. The minimum atomic E-state index is -1.10. The van der Waals surface area contributed by atoms with E-state index in [2.05, 4.69) is 11.6 Å². The third kappa shape index (κ3) is 5.73. The molecule has 0 aliphatic carbocycles. The van der Waals surface area contributed by atoms with Crippen molar-refractivity contribution in [3.8, 4) is 0 Å². The molecule has 1 fully saturated rings. The number of benzene rings is 1. The molecule has 0 radical (unpaired) electrons. The molecule has 32 heavy (non-hydrogen) atoms. The highest BCUT2D eigenvalue weighted by Crippen LogP contribution is 2.24. The molecular formula is C24H29ClN4O3. The molecule has 1 aromatic heterocycles. The molecule has 1 atom stereocenters. The van der Waals surface area contributed by atoms with Gasteiger partial charge in [-0.05, 0) is 37.8 Å². The largest absolute Gasteiger partial charge is 0.388 e. The average Bonchev–Trinajstić information content (AvgIpc) is 2.79. The maximum atomic E-state index is 12.8. The lowest BCUT2D eigenvalue weighted by molar-refractivity contribution is -0.137. The first-order valence-corrected chi connectivity index (χ1v) is 11.0. The summed E-state index contributed by atoms with van der Waals surface area (Å²) in [7, 11) is 0. The van der Waals surface area contributed by atoms with Crippen LogP contribution in [0.15, 0.2) is 59.1 Å². The number of carbonyl (C=O) groups excluding carboxylic acids is 1. The number of likely N-dealkylation sites (tertiary alicyclic amines) is 1. The molecule has 0 spiro atoms. The Morgan fingerprint density at radius 1 is 1.34 bits per heavy atom. The number of carbonyl (C=O) groups is 1. The van der Waals surface area contributed by atoms with Crippen LogP contribution in [0.3, 0.4) is 0 Å². The zero-order chi connectivity index (χ0) is 23.3. The standard InChI is InChI=1S/C24H29ClN4O3/c1-3-19(25)14-21-17(2)22(30)29(16-27-21)15-24(32)9-11-28(12-10-24)23(31)20(26)13-18-7-5-4-6-8-18/h3-8,14,16,20,32H,1,9-13,15,26H2,2H3/b19-14+/t20-/m1/s1. The molecule has 3 rings (SSSR count). The van der Waals surface area contributed by atoms with E-state index in [0.29, 0.717) is 48.6 Å². The molecule has 0 bridgehead atoms. The summed E-state index contributed by atoms with van der Waals surface area (Å²) >= 11 is 5.96. The summed E-state index contributed by atoms with van der Waals surface area (Å²) in [5.41, 5.74) is 6.72. The van der Waals surface area contributed by atoms with E-state index >= 15 is 0 Å². The Kier molecular flexibility index (Phi) is 7.66. The average molecular weight is 457 g/mol. The second-order valence-corrected chi connectivity index (χ2v) is 8.70. The number of allylic oxidation sites excluding steroid dienone is 2. The lowest BCUT2D eigenvalue weighted by Crippen LogP contribution is -2.53. The normalized spacial score (nSPS) is 17.1. The molecule has 1 aliphatic heterocycles. The number of piperidine rings is 1. The Labute approximate surface area is 192 Å². The number of nitrogens with zero attached hydrogens (tertiary/aromatic N) is 3. The molecule has 2 aromatic rings. The third-order valence-electron chi connectivity index (χ3n) is 5.86. The van der Waals surface area contributed by atoms with E-state index in [0.717, 1.165) is 5.56 Å². The summed E-state index contributed by atoms with van der Waals surface area (Å²) < 4.78 is 1.41. The van der Waals surface area contributed by atoms with Crippen molar-refractivity contribution in [1.29, 1.82) is 0 Å². The smallest absolute Gasteiger partial charge is 0.256 e. The van der Waals surface area contributed by atoms with Crippen molar-refractivity contribution in [1.82, 2.24) is 14.5 Å². The fourth-order valence-corrected chi connectivity index (χ4v) is 3.97. The molecule has 1 saturated heterocycles. The van der Waals surface area contributed by atoms with Gasteiger partial charge in [0.15, 0.2) is 0 Å². The zero-order valence-electron chi connectivity index (χ0n) is 18.2. The van der Waals surface area contributed by atoms with Gasteiger partial charge in [0, 0.05) is 23.7 Å². The van der Waals surface area contributed by atoms with Gasteiger partial charge in [-0.25, -0.2) is 4.98 Å². The molecule has 1 amide bonds. The van der Waals surface area contributed by atoms with Crippen LogP contribution in [0, 0.1) is 6.92 Å². The number of aliphatic hydroxyl groups is 1. The number of hydrogen-bond donors (Lipinski definition) is 2. The molecule has 1 aromatic carbocycles. The van der Waals surface area contributed by atoms with Crippen LogP contribution < -0.4 is 11.3 Å². The Hall–Kier alpha value is -2.74. The van der Waals surface area contributed by atoms with Crippen molar-refractivity contribution >= 4 is 23.6 Å². The van der Waals surface area contributed by atoms with Gasteiger partial charge in [0.05, 0.1) is 30.2 Å². The summed E-state index contributed by atoms with van der Waals surface area (Å²) in [6, 6.07) is 9.03. The number of halogens is 1. The van der Waals surface area contributed by atoms with Crippen LogP contribution in [0.2, 0.25) is 0 Å². The van der Waals surface area contributed by atoms with E-state index in [9.17, 15) is 14.7 Å². The topological polar surface area (TPSA) is 101 Å². The minimum Gasteiger partial charge on any atom is -0.388 e. The molecule has 1 aliphatic rings. The van der Waals surface area contributed by atoms with E-state index < -0.39 is 11.6 Å². The highest BCUT2D eigenvalue weighted by Gasteiger charge is 2.35. The van der Waals surface area contributed by atoms with Gasteiger partial charge in [0.25, 0.3) is 5.56 Å². The highest BCUT2D eigenvalue weighted by atomic mass is 35.5. The Bertz CT molecular complexity index is 1060. The molecule has 0 unspecified atom stereocenters. The molecule has 8 heteroatoms. The highest BCUT2D eigenvalue weighted by molar-refractivity contribution is 6.33. The quantitative estimate of drug-likeness (QED) is 0.622. The zero-order valence-corrected chi connectivity index (χ0v) is 19.0. The van der Waals surface area contributed by atoms with Gasteiger partial charge in [-0.1, -0.05) is 54.6 Å². The fraction of sp³-hybridized carbons (Fsp3) is 0.375. The van der Waals surface area contributed by atoms with Gasteiger partial charge in [0.1, 0.15) is 0 Å². The lowest BCUT2D eigenvalue weighted by Gasteiger charge is -2.39. The predicted molar refractivity (Wildman–Crippen MR) is 126 cm³/mol. The predicted octanol–water partition coefficient (Wildman–Crippen LogP) is 2.24. The molecule has 2 heterocycles. The molecular weight excluding hydrogens is 428 g/mol. The van der Waals surface area contributed by atoms with Crippen LogP contribution in [0.5, 0.6) is 0 Å². The van der Waals surface area contributed by atoms with Crippen LogP contribution >= 0.6 is 11.6 Å². The summed E-state index contributed by atoms with van der Waals surface area (Å²) in [5.74, 6) is -0.124. The SMILES string of the molecule is C=C/C(Cl)=C\c1ncn(CC2(O)CCN(C(=O)[C@H](N)Cc3ccccc3)CC2)c(=O)c1C. The third-order valence-corrected chi connectivity index (χ3v) is 6.12. The van der Waals surface area contributed by atoms with Gasteiger partial charge >= 0.3 is 0 Å². The van der Waals surface area contributed by atoms with Crippen LogP contribution in [-0.4, -0.2) is 50.2 Å². The van der Waals surface area contributed by atoms with Gasteiger partial charge in [-0.3, -0.25) is 14.2 Å². The van der Waals surface area contributed by atoms with Gasteiger partial charge in [0.2, 0.25) is 5.91 Å². The summed E-state index contributed by atoms with van der Waals surface area (Å²) in [5, 5.41) is 11.5. The maximum absolute atomic E-state index is 12.8. The summed E-state index contributed by atoms with van der Waals surface area (Å²) in [4.78, 5) is 31.5. The van der Waals surface area contributed by atoms with E-state index in [-0.39, 0.29) is 18.0 Å². The molecule has 3 N–H and O–H groups in total. The Balaban J connectivity index is 1.62. The summed E-state index contributed by atoms with van der Waals surface area (Å²) in [6.45, 7) is 6.13. The van der Waals surface area contributed by atoms with Crippen molar-refractivity contribution < 1.29 is 9.90 Å². The van der Waals surface area contributed by atoms with Crippen molar-refractivity contribution in [2.24, 2.45) is 5.73 Å². The van der Waals surface area contributed by atoms with Gasteiger partial charge in [-0.2, -0.15) is 0 Å². The molecule has 7 nitrogen and oxygen atoms in total. The fourth-order valence-electron chi connectivity index (χ4n) is 3.86. The van der Waals surface area contributed by atoms with Crippen LogP contribution in [0.25, 0.3) is 6.08 Å². The first-order valence-electron chi connectivity index (χ1n) is 10.6. The van der Waals surface area contributed by atoms with E-state index in [1.165, 1.54) is 17.0 Å². The summed E-state index contributed by atoms with van der Waals surface area (Å²) in [6.07, 6.45) is 5.64. The maximum Gasteiger partial charge on any atom is 0.256 e. The number of aromatic nitrogens is 2. The van der Waals surface area contributed by atoms with Gasteiger partial charge < -0.3 is 15.7 Å². The van der Waals surface area contributed by atoms with Crippen LogP contribution in [-0.2, 0) is 17.8 Å². The van der Waals surface area contributed by atoms with Crippen LogP contribution in [0.1, 0.15) is 29.7 Å². The monoisotopic (exact) mass is 456 g/mol. The van der Waals surface area contributed by atoms with Crippen LogP contribution in [0.4, 0.5) is 0 Å². The second-order valence-electron chi connectivity index (χ2n) is 8.27. The number of amides is 1. The first kappa shape index (κ1) is 23.9. The van der Waals surface area contributed by atoms with Crippen molar-refractivity contribution in [3.05, 3.63) is 81.5 Å². The number of nitrogens with two attached hydrogens (primary N) is 1.